The van der Waals surface area contributed by atoms with Crippen LogP contribution >= 0.6 is 0 Å². The van der Waals surface area contributed by atoms with Gasteiger partial charge in [0.05, 0.1) is 24.3 Å². The largest absolute Gasteiger partial charge is 0.497 e. The highest BCUT2D eigenvalue weighted by Gasteiger charge is 2.29. The molecule has 1 fully saturated rings. The summed E-state index contributed by atoms with van der Waals surface area (Å²) in [5, 5.41) is 9.13. The molecule has 0 amide bonds. The van der Waals surface area contributed by atoms with Crippen molar-refractivity contribution in [2.75, 3.05) is 20.2 Å². The van der Waals surface area contributed by atoms with Crippen molar-refractivity contribution < 1.29 is 4.74 Å². The van der Waals surface area contributed by atoms with E-state index in [9.17, 15) is 0 Å². The Labute approximate surface area is 115 Å². The van der Waals surface area contributed by atoms with Gasteiger partial charge in [-0.05, 0) is 26.7 Å². The number of aryl methyl sites for hydroxylation is 1. The third-order valence-electron chi connectivity index (χ3n) is 3.83. The zero-order valence-electron chi connectivity index (χ0n) is 11.9. The van der Waals surface area contributed by atoms with E-state index < -0.39 is 0 Å². The summed E-state index contributed by atoms with van der Waals surface area (Å²) in [6, 6.07) is 6.36. The first-order valence-corrected chi connectivity index (χ1v) is 6.70. The Morgan fingerprint density at radius 3 is 2.68 bits per heavy atom. The zero-order chi connectivity index (χ0) is 13.9. The Morgan fingerprint density at radius 1 is 1.42 bits per heavy atom. The molecule has 2 heterocycles. The van der Waals surface area contributed by atoms with E-state index in [0.717, 1.165) is 49.6 Å². The summed E-state index contributed by atoms with van der Waals surface area (Å²) in [5.41, 5.74) is 1.87. The van der Waals surface area contributed by atoms with Gasteiger partial charge >= 0.3 is 0 Å². The van der Waals surface area contributed by atoms with Crippen molar-refractivity contribution in [3.8, 4) is 11.8 Å². The number of piperidine rings is 1. The first-order valence-electron chi connectivity index (χ1n) is 6.70. The third-order valence-corrected chi connectivity index (χ3v) is 3.83. The molecule has 4 heteroatoms. The molecule has 1 aliphatic heterocycles. The van der Waals surface area contributed by atoms with E-state index in [1.54, 1.807) is 7.11 Å². The van der Waals surface area contributed by atoms with Crippen LogP contribution in [-0.2, 0) is 6.54 Å². The summed E-state index contributed by atoms with van der Waals surface area (Å²) < 4.78 is 5.27. The molecule has 1 saturated heterocycles. The fourth-order valence-electron chi connectivity index (χ4n) is 2.45. The number of aromatic nitrogens is 1. The van der Waals surface area contributed by atoms with E-state index >= 15 is 0 Å². The summed E-state index contributed by atoms with van der Waals surface area (Å²) in [6.45, 7) is 6.79. The molecule has 1 aromatic heterocycles. The second kappa shape index (κ2) is 5.58. The molecular formula is C15H21N3O. The van der Waals surface area contributed by atoms with Crippen LogP contribution in [-0.4, -0.2) is 30.1 Å². The number of hydrogen-bond acceptors (Lipinski definition) is 4. The van der Waals surface area contributed by atoms with Crippen LogP contribution in [0.4, 0.5) is 0 Å². The molecule has 1 aliphatic rings. The maximum atomic E-state index is 9.13. The van der Waals surface area contributed by atoms with Crippen molar-refractivity contribution >= 4 is 0 Å². The Hall–Kier alpha value is -1.60. The van der Waals surface area contributed by atoms with Gasteiger partial charge in [-0.15, -0.1) is 0 Å². The van der Waals surface area contributed by atoms with Crippen molar-refractivity contribution in [3.05, 3.63) is 23.5 Å². The second-order valence-electron chi connectivity index (χ2n) is 5.59. The predicted octanol–water partition coefficient (Wildman–Crippen LogP) is 2.52. The number of methoxy groups -OCH3 is 1. The van der Waals surface area contributed by atoms with Gasteiger partial charge < -0.3 is 4.74 Å². The van der Waals surface area contributed by atoms with Gasteiger partial charge in [0, 0.05) is 37.5 Å². The summed E-state index contributed by atoms with van der Waals surface area (Å²) >= 11 is 0. The van der Waals surface area contributed by atoms with E-state index in [1.165, 1.54) is 0 Å². The second-order valence-corrected chi connectivity index (χ2v) is 5.59. The van der Waals surface area contributed by atoms with E-state index in [1.807, 2.05) is 19.1 Å². The van der Waals surface area contributed by atoms with Crippen LogP contribution in [0.15, 0.2) is 12.1 Å². The molecule has 0 aliphatic carbocycles. The maximum absolute atomic E-state index is 9.13. The highest BCUT2D eigenvalue weighted by molar-refractivity contribution is 5.26. The number of ether oxygens (including phenoxy) is 1. The highest BCUT2D eigenvalue weighted by atomic mass is 16.5. The minimum atomic E-state index is -0.145. The summed E-state index contributed by atoms with van der Waals surface area (Å²) in [6.07, 6.45) is 1.87. The fraction of sp³-hybridized carbons (Fsp3) is 0.600. The van der Waals surface area contributed by atoms with Gasteiger partial charge in [-0.3, -0.25) is 9.88 Å². The van der Waals surface area contributed by atoms with Gasteiger partial charge in [-0.25, -0.2) is 0 Å². The topological polar surface area (TPSA) is 49.1 Å². The molecule has 4 nitrogen and oxygen atoms in total. The molecule has 0 saturated carbocycles. The van der Waals surface area contributed by atoms with Crippen LogP contribution in [0.1, 0.15) is 31.2 Å². The number of nitriles is 1. The Morgan fingerprint density at radius 2 is 2.11 bits per heavy atom. The molecular weight excluding hydrogens is 238 g/mol. The summed E-state index contributed by atoms with van der Waals surface area (Å²) in [5.74, 6) is 0.862. The van der Waals surface area contributed by atoms with Crippen molar-refractivity contribution in [2.24, 2.45) is 5.41 Å². The molecule has 19 heavy (non-hydrogen) atoms. The lowest BCUT2D eigenvalue weighted by Crippen LogP contribution is -2.37. The minimum Gasteiger partial charge on any atom is -0.497 e. The van der Waals surface area contributed by atoms with Crippen LogP contribution in [0.3, 0.4) is 0 Å². The van der Waals surface area contributed by atoms with Crippen LogP contribution in [0, 0.1) is 23.7 Å². The van der Waals surface area contributed by atoms with Crippen molar-refractivity contribution in [1.29, 1.82) is 5.26 Å². The summed E-state index contributed by atoms with van der Waals surface area (Å²) in [4.78, 5) is 6.91. The van der Waals surface area contributed by atoms with E-state index in [0.29, 0.717) is 0 Å². The van der Waals surface area contributed by atoms with Gasteiger partial charge in [-0.1, -0.05) is 0 Å². The Balaban J connectivity index is 2.00. The maximum Gasteiger partial charge on any atom is 0.122 e. The minimum absolute atomic E-state index is 0.145. The standard InChI is InChI=1S/C15H21N3O/c1-12-8-14(19-3)9-13(17-12)10-18-6-4-15(2,11-16)5-7-18/h8-9H,4-7,10H2,1-3H3. The molecule has 0 unspecified atom stereocenters. The number of likely N-dealkylation sites (tertiary alicyclic amines) is 1. The first-order chi connectivity index (χ1) is 9.04. The molecule has 0 spiro atoms. The average Bonchev–Trinajstić information content (AvgIpc) is 2.41. The normalized spacial score (nSPS) is 18.8. The molecule has 1 aromatic rings. The zero-order valence-corrected chi connectivity index (χ0v) is 11.9. The monoisotopic (exact) mass is 259 g/mol. The van der Waals surface area contributed by atoms with Crippen LogP contribution < -0.4 is 4.74 Å². The number of hydrogen-bond donors (Lipinski definition) is 0. The number of pyridine rings is 1. The molecule has 2 rings (SSSR count). The van der Waals surface area contributed by atoms with Crippen LogP contribution in [0.2, 0.25) is 0 Å². The highest BCUT2D eigenvalue weighted by Crippen LogP contribution is 2.30. The molecule has 0 atom stereocenters. The van der Waals surface area contributed by atoms with Crippen molar-refractivity contribution in [1.82, 2.24) is 9.88 Å². The SMILES string of the molecule is COc1cc(C)nc(CN2CCC(C)(C#N)CC2)c1. The van der Waals surface area contributed by atoms with Crippen LogP contribution in [0.5, 0.6) is 5.75 Å². The third kappa shape index (κ3) is 3.45. The van der Waals surface area contributed by atoms with Gasteiger partial charge in [0.2, 0.25) is 0 Å². The quantitative estimate of drug-likeness (QED) is 0.837. The smallest absolute Gasteiger partial charge is 0.122 e. The van der Waals surface area contributed by atoms with Crippen LogP contribution in [0.25, 0.3) is 0 Å². The predicted molar refractivity (Wildman–Crippen MR) is 73.8 cm³/mol. The van der Waals surface area contributed by atoms with Gasteiger partial charge in [0.25, 0.3) is 0 Å². The van der Waals surface area contributed by atoms with Gasteiger partial charge in [0.1, 0.15) is 5.75 Å². The first kappa shape index (κ1) is 13.8. The number of rotatable bonds is 3. The average molecular weight is 259 g/mol. The molecule has 0 radical (unpaired) electrons. The van der Waals surface area contributed by atoms with E-state index in [-0.39, 0.29) is 5.41 Å². The lowest BCUT2D eigenvalue weighted by molar-refractivity contribution is 0.149. The molecule has 0 bridgehead atoms. The Bertz CT molecular complexity index is 485. The number of nitrogens with zero attached hydrogens (tertiary/aromatic N) is 3. The van der Waals surface area contributed by atoms with E-state index in [4.69, 9.17) is 10.00 Å². The molecule has 102 valence electrons. The van der Waals surface area contributed by atoms with Crippen molar-refractivity contribution in [3.63, 3.8) is 0 Å². The van der Waals surface area contributed by atoms with E-state index in [2.05, 4.69) is 22.9 Å². The van der Waals surface area contributed by atoms with Gasteiger partial charge in [-0.2, -0.15) is 5.26 Å². The lowest BCUT2D eigenvalue weighted by atomic mass is 9.82. The summed E-state index contributed by atoms with van der Waals surface area (Å²) in [7, 11) is 1.68. The fourth-order valence-corrected chi connectivity index (χ4v) is 2.45. The Kier molecular flexibility index (Phi) is 4.06. The molecule has 0 N–H and O–H groups in total. The van der Waals surface area contributed by atoms with Crippen molar-refractivity contribution in [2.45, 2.75) is 33.2 Å². The van der Waals surface area contributed by atoms with Gasteiger partial charge in [0.15, 0.2) is 0 Å². The lowest BCUT2D eigenvalue weighted by Gasteiger charge is -2.34. The molecule has 0 aromatic carbocycles.